The molecule has 1 heterocycles. The Morgan fingerprint density at radius 2 is 1.92 bits per heavy atom. The zero-order valence-electron chi connectivity index (χ0n) is 15.2. The quantitative estimate of drug-likeness (QED) is 0.820. The van der Waals surface area contributed by atoms with E-state index in [9.17, 15) is 14.4 Å². The van der Waals surface area contributed by atoms with Gasteiger partial charge in [0.1, 0.15) is 0 Å². The Bertz CT molecular complexity index is 682. The van der Waals surface area contributed by atoms with Crippen molar-refractivity contribution < 1.29 is 19.1 Å². The molecule has 0 aromatic heterocycles. The van der Waals surface area contributed by atoms with E-state index in [1.165, 1.54) is 45.3 Å². The van der Waals surface area contributed by atoms with Gasteiger partial charge in [0, 0.05) is 25.1 Å². The van der Waals surface area contributed by atoms with Gasteiger partial charge in [0.25, 0.3) is 5.91 Å². The average molecular weight is 358 g/mol. The summed E-state index contributed by atoms with van der Waals surface area (Å²) >= 11 is 0. The summed E-state index contributed by atoms with van der Waals surface area (Å²) in [5.74, 6) is -0.0366. The number of nitrogens with zero attached hydrogens (tertiary/aromatic N) is 1. The number of carbonyl (C=O) groups is 3. The number of esters is 1. The van der Waals surface area contributed by atoms with Crippen molar-refractivity contribution in [1.29, 1.82) is 0 Å². The van der Waals surface area contributed by atoms with Gasteiger partial charge in [0.2, 0.25) is 5.91 Å². The molecule has 1 aliphatic heterocycles. The maximum atomic E-state index is 12.5. The van der Waals surface area contributed by atoms with Gasteiger partial charge in [-0.25, -0.2) is 4.79 Å². The minimum Gasteiger partial charge on any atom is -0.465 e. The molecular weight excluding hydrogens is 332 g/mol. The molecule has 1 saturated carbocycles. The summed E-state index contributed by atoms with van der Waals surface area (Å²) in [7, 11) is 1.31. The van der Waals surface area contributed by atoms with Crippen LogP contribution in [0, 0.1) is 5.92 Å². The highest BCUT2D eigenvalue weighted by Crippen LogP contribution is 2.26. The smallest absolute Gasteiger partial charge is 0.337 e. The third-order valence-corrected chi connectivity index (χ3v) is 5.30. The van der Waals surface area contributed by atoms with Crippen LogP contribution in [0.4, 0.5) is 0 Å². The number of hydrogen-bond acceptors (Lipinski definition) is 4. The second-order valence-electron chi connectivity index (χ2n) is 7.25. The van der Waals surface area contributed by atoms with Crippen LogP contribution in [0.5, 0.6) is 0 Å². The minimum atomic E-state index is -0.477. The van der Waals surface area contributed by atoms with Gasteiger partial charge in [-0.1, -0.05) is 25.3 Å². The fourth-order valence-electron chi connectivity index (χ4n) is 3.90. The number of likely N-dealkylation sites (tertiary alicyclic amines) is 1. The first kappa shape index (κ1) is 18.4. The number of rotatable bonds is 5. The van der Waals surface area contributed by atoms with E-state index in [-0.39, 0.29) is 17.9 Å². The second-order valence-corrected chi connectivity index (χ2v) is 7.25. The third kappa shape index (κ3) is 4.42. The highest BCUT2D eigenvalue weighted by atomic mass is 16.5. The van der Waals surface area contributed by atoms with Gasteiger partial charge in [0.05, 0.1) is 18.7 Å². The molecule has 1 unspecified atom stereocenters. The predicted molar refractivity (Wildman–Crippen MR) is 96.8 cm³/mol. The predicted octanol–water partition coefficient (Wildman–Crippen LogP) is 2.38. The van der Waals surface area contributed by atoms with Crippen molar-refractivity contribution >= 4 is 17.8 Å². The van der Waals surface area contributed by atoms with Gasteiger partial charge in [-0.15, -0.1) is 0 Å². The van der Waals surface area contributed by atoms with Gasteiger partial charge in [0.15, 0.2) is 0 Å². The van der Waals surface area contributed by atoms with Gasteiger partial charge in [-0.3, -0.25) is 9.59 Å². The van der Waals surface area contributed by atoms with Crippen LogP contribution in [0.25, 0.3) is 0 Å². The number of ether oxygens (including phenoxy) is 1. The Morgan fingerprint density at radius 1 is 1.19 bits per heavy atom. The maximum Gasteiger partial charge on any atom is 0.337 e. The summed E-state index contributed by atoms with van der Waals surface area (Å²) in [6, 6.07) is 6.24. The second kappa shape index (κ2) is 8.34. The van der Waals surface area contributed by atoms with Gasteiger partial charge in [-0.05, 0) is 37.0 Å². The first-order valence-electron chi connectivity index (χ1n) is 9.34. The topological polar surface area (TPSA) is 75.7 Å². The molecule has 1 aromatic carbocycles. The first-order chi connectivity index (χ1) is 12.6. The van der Waals surface area contributed by atoms with E-state index < -0.39 is 5.97 Å². The number of carbonyl (C=O) groups excluding carboxylic acids is 3. The van der Waals surface area contributed by atoms with Crippen LogP contribution in [0.2, 0.25) is 0 Å². The molecule has 0 spiro atoms. The lowest BCUT2D eigenvalue weighted by atomic mass is 9.89. The van der Waals surface area contributed by atoms with Crippen molar-refractivity contribution in [2.24, 2.45) is 5.92 Å². The Kier molecular flexibility index (Phi) is 5.91. The summed E-state index contributed by atoms with van der Waals surface area (Å²) in [5.41, 5.74) is 0.729. The standard InChI is InChI=1S/C20H26N2O4/c1-26-20(25)16-9-5-8-15(10-16)19(24)21-17-11-18(23)22(13-17)12-14-6-3-2-4-7-14/h5,8-10,14,17H,2-4,6-7,11-13H2,1H3,(H,21,24). The summed E-state index contributed by atoms with van der Waals surface area (Å²) in [4.78, 5) is 38.2. The lowest BCUT2D eigenvalue weighted by molar-refractivity contribution is -0.128. The van der Waals surface area contributed by atoms with Crippen molar-refractivity contribution in [2.45, 2.75) is 44.6 Å². The van der Waals surface area contributed by atoms with Crippen LogP contribution in [0.1, 0.15) is 59.2 Å². The minimum absolute atomic E-state index is 0.115. The molecule has 3 rings (SSSR count). The molecule has 2 aliphatic rings. The Morgan fingerprint density at radius 3 is 2.65 bits per heavy atom. The molecule has 0 bridgehead atoms. The number of benzene rings is 1. The Labute approximate surface area is 153 Å². The largest absolute Gasteiger partial charge is 0.465 e. The van der Waals surface area contributed by atoms with Crippen LogP contribution >= 0.6 is 0 Å². The average Bonchev–Trinajstić information content (AvgIpc) is 3.00. The highest BCUT2D eigenvalue weighted by Gasteiger charge is 2.32. The van der Waals surface area contributed by atoms with Crippen molar-refractivity contribution in [3.8, 4) is 0 Å². The summed E-state index contributed by atoms with van der Waals surface area (Å²) in [5, 5.41) is 2.92. The molecule has 1 aliphatic carbocycles. The van der Waals surface area contributed by atoms with E-state index in [4.69, 9.17) is 0 Å². The third-order valence-electron chi connectivity index (χ3n) is 5.30. The van der Waals surface area contributed by atoms with Crippen LogP contribution < -0.4 is 5.32 Å². The highest BCUT2D eigenvalue weighted by molar-refractivity contribution is 5.98. The van der Waals surface area contributed by atoms with E-state index in [0.717, 1.165) is 6.54 Å². The molecular formula is C20H26N2O4. The first-order valence-corrected chi connectivity index (χ1v) is 9.34. The Hall–Kier alpha value is -2.37. The molecule has 2 fully saturated rings. The van der Waals surface area contributed by atoms with E-state index in [2.05, 4.69) is 10.1 Å². The summed E-state index contributed by atoms with van der Waals surface area (Å²) < 4.78 is 4.68. The lowest BCUT2D eigenvalue weighted by Gasteiger charge is -2.27. The number of nitrogens with one attached hydrogen (secondary N) is 1. The summed E-state index contributed by atoms with van der Waals surface area (Å²) in [6.45, 7) is 1.38. The maximum absolute atomic E-state index is 12.5. The van der Waals surface area contributed by atoms with E-state index in [1.54, 1.807) is 18.2 Å². The van der Waals surface area contributed by atoms with Crippen LogP contribution in [-0.2, 0) is 9.53 Å². The lowest BCUT2D eigenvalue weighted by Crippen LogP contribution is -2.38. The zero-order chi connectivity index (χ0) is 18.5. The van der Waals surface area contributed by atoms with Crippen molar-refractivity contribution in [1.82, 2.24) is 10.2 Å². The van der Waals surface area contributed by atoms with Gasteiger partial charge in [-0.2, -0.15) is 0 Å². The van der Waals surface area contributed by atoms with Crippen LogP contribution in [-0.4, -0.2) is 48.9 Å². The SMILES string of the molecule is COC(=O)c1cccc(C(=O)NC2CC(=O)N(CC3CCCCC3)C2)c1. The zero-order valence-corrected chi connectivity index (χ0v) is 15.2. The Balaban J connectivity index is 1.56. The molecule has 1 N–H and O–H groups in total. The van der Waals surface area contributed by atoms with Crippen molar-refractivity contribution in [3.63, 3.8) is 0 Å². The van der Waals surface area contributed by atoms with E-state index in [1.807, 2.05) is 4.90 Å². The van der Waals surface area contributed by atoms with Crippen LogP contribution in [0.3, 0.4) is 0 Å². The number of hydrogen-bond donors (Lipinski definition) is 1. The van der Waals surface area contributed by atoms with Crippen LogP contribution in [0.15, 0.2) is 24.3 Å². The van der Waals surface area contributed by atoms with Gasteiger partial charge >= 0.3 is 5.97 Å². The summed E-state index contributed by atoms with van der Waals surface area (Å²) in [6.07, 6.45) is 6.54. The molecule has 0 radical (unpaired) electrons. The van der Waals surface area contributed by atoms with E-state index >= 15 is 0 Å². The van der Waals surface area contributed by atoms with Gasteiger partial charge < -0.3 is 15.0 Å². The van der Waals surface area contributed by atoms with Crippen molar-refractivity contribution in [2.75, 3.05) is 20.2 Å². The van der Waals surface area contributed by atoms with Crippen molar-refractivity contribution in [3.05, 3.63) is 35.4 Å². The molecule has 2 amide bonds. The molecule has 26 heavy (non-hydrogen) atoms. The molecule has 6 heteroatoms. The number of amides is 2. The molecule has 1 atom stereocenters. The fourth-order valence-corrected chi connectivity index (χ4v) is 3.90. The monoisotopic (exact) mass is 358 g/mol. The fraction of sp³-hybridized carbons (Fsp3) is 0.550. The molecule has 6 nitrogen and oxygen atoms in total. The molecule has 140 valence electrons. The normalized spacial score (nSPS) is 20.9. The number of methoxy groups -OCH3 is 1. The molecule has 1 aromatic rings. The molecule has 1 saturated heterocycles. The van der Waals surface area contributed by atoms with E-state index in [0.29, 0.717) is 30.0 Å².